The zero-order chi connectivity index (χ0) is 39.8. The number of ketones is 1. The number of hydrogen-bond acceptors (Lipinski definition) is 13. The van der Waals surface area contributed by atoms with Crippen LogP contribution in [0.5, 0.6) is 11.5 Å². The zero-order valence-corrected chi connectivity index (χ0v) is 32.3. The fraction of sp³-hybridized carbons (Fsp3) is 0.628. The van der Waals surface area contributed by atoms with Crippen molar-refractivity contribution in [3.8, 4) is 11.5 Å². The molecule has 2 aromatic carbocycles. The molecule has 10 rings (SSSR count). The predicted octanol–water partition coefficient (Wildman–Crippen LogP) is 2.80. The molecule has 4 aliphatic heterocycles. The van der Waals surface area contributed by atoms with Gasteiger partial charge in [-0.05, 0) is 116 Å². The van der Waals surface area contributed by atoms with Crippen molar-refractivity contribution < 1.29 is 59.2 Å². The lowest BCUT2D eigenvalue weighted by Gasteiger charge is -2.71. The van der Waals surface area contributed by atoms with E-state index in [0.717, 1.165) is 43.3 Å². The third kappa shape index (κ3) is 5.02. The number of aromatic hydroxyl groups is 1. The van der Waals surface area contributed by atoms with E-state index in [-0.39, 0.29) is 70.5 Å². The van der Waals surface area contributed by atoms with Gasteiger partial charge in [0.1, 0.15) is 35.4 Å². The van der Waals surface area contributed by atoms with Crippen LogP contribution in [0.4, 0.5) is 0 Å². The highest BCUT2D eigenvalue weighted by Gasteiger charge is 2.74. The van der Waals surface area contributed by atoms with Crippen molar-refractivity contribution >= 4 is 22.5 Å². The number of aromatic carboxylic acids is 1. The van der Waals surface area contributed by atoms with Gasteiger partial charge in [-0.25, -0.2) is 4.79 Å². The first-order valence-corrected chi connectivity index (χ1v) is 20.4. The number of Topliss-reactive ketones (excluding diaryl/α,β-unsaturated/α-hetero) is 1. The number of nitrogens with one attached hydrogen (secondary N) is 2. The quantitative estimate of drug-likeness (QED) is 0.190. The second-order valence-corrected chi connectivity index (χ2v) is 18.3. The molecule has 3 saturated heterocycles. The Bertz CT molecular complexity index is 2130. The van der Waals surface area contributed by atoms with Gasteiger partial charge in [0.05, 0.1) is 36.3 Å². The minimum absolute atomic E-state index is 0.0136. The van der Waals surface area contributed by atoms with E-state index in [2.05, 4.69) is 16.9 Å². The van der Waals surface area contributed by atoms with Gasteiger partial charge in [-0.15, -0.1) is 0 Å². The molecule has 0 amide bonds. The summed E-state index contributed by atoms with van der Waals surface area (Å²) in [6.45, 7) is 3.61. The first-order valence-electron chi connectivity index (χ1n) is 20.4. The van der Waals surface area contributed by atoms with E-state index in [1.54, 1.807) is 13.0 Å². The van der Waals surface area contributed by atoms with Gasteiger partial charge in [-0.3, -0.25) is 15.6 Å². The van der Waals surface area contributed by atoms with Crippen molar-refractivity contribution in [3.05, 3.63) is 57.7 Å². The molecule has 8 N–H and O–H groups in total. The Morgan fingerprint density at radius 2 is 1.95 bits per heavy atom. The first-order chi connectivity index (χ1) is 27.3. The minimum atomic E-state index is -1.75. The number of allylic oxidation sites excluding steroid dienone is 1. The zero-order valence-electron chi connectivity index (χ0n) is 32.3. The monoisotopic (exact) mass is 788 g/mol. The standard InChI is InChI=1S/C43H52N2O12/c1-20-10-23-11-24(38(52)53)12-28(33(23)34(49)31(20)21(2)48)56-39-35(50)37(51)43(30(15-47)57-39)14-27-32-22(17-55-43)5-6-26(32)41(8-9-46)19-54-16-25-13-40-7-3-4-29(40)44-45-42(27,18-40)36(25)41/h6,10-12,25,27,29-30,35-37,39,44-47,49-51H,3-5,7-9,13-19H2,1-2H3,(H,52,53)/t25-,27+,29-,30-,35-,36+,37-,39+,40+,41-,42+,43+/m1/s1. The fourth-order valence-corrected chi connectivity index (χ4v) is 13.7. The number of aryl methyl sites for hydroxylation is 1. The van der Waals surface area contributed by atoms with Crippen LogP contribution < -0.4 is 15.6 Å². The summed E-state index contributed by atoms with van der Waals surface area (Å²) in [6, 6.07) is 4.42. The molecule has 4 aliphatic carbocycles. The van der Waals surface area contributed by atoms with Crippen LogP contribution in [0, 0.1) is 35.5 Å². The van der Waals surface area contributed by atoms with E-state index >= 15 is 0 Å². The van der Waals surface area contributed by atoms with Crippen LogP contribution in [0.1, 0.15) is 84.6 Å². The highest BCUT2D eigenvalue weighted by molar-refractivity contribution is 6.08. The number of benzene rings is 2. The summed E-state index contributed by atoms with van der Waals surface area (Å²) in [5.74, 6) is -2.19. The van der Waals surface area contributed by atoms with Gasteiger partial charge in [-0.1, -0.05) is 18.6 Å². The molecule has 6 fully saturated rings. The van der Waals surface area contributed by atoms with Crippen LogP contribution in [-0.4, -0.2) is 117 Å². The van der Waals surface area contributed by atoms with E-state index in [0.29, 0.717) is 37.7 Å². The van der Waals surface area contributed by atoms with E-state index in [4.69, 9.17) is 18.9 Å². The summed E-state index contributed by atoms with van der Waals surface area (Å²) in [5.41, 5.74) is 8.91. The topological polar surface area (TPSA) is 216 Å². The van der Waals surface area contributed by atoms with Crippen molar-refractivity contribution in [1.82, 2.24) is 10.9 Å². The number of aliphatic hydroxyl groups is 4. The molecule has 2 aromatic rings. The molecule has 12 atom stereocenters. The van der Waals surface area contributed by atoms with E-state index in [1.807, 2.05) is 0 Å². The Kier molecular flexibility index (Phi) is 8.64. The summed E-state index contributed by atoms with van der Waals surface area (Å²) in [5, 5.41) is 68.0. The number of carboxylic acid groups (broad SMARTS) is 1. The van der Waals surface area contributed by atoms with E-state index < -0.39 is 65.3 Å². The number of phenols is 1. The summed E-state index contributed by atoms with van der Waals surface area (Å²) in [6.07, 6.45) is 2.66. The van der Waals surface area contributed by atoms with Crippen LogP contribution in [0.25, 0.3) is 10.8 Å². The van der Waals surface area contributed by atoms with Gasteiger partial charge in [0.25, 0.3) is 0 Å². The summed E-state index contributed by atoms with van der Waals surface area (Å²) >= 11 is 0. The molecule has 0 unspecified atom stereocenters. The first kappa shape index (κ1) is 37.8. The van der Waals surface area contributed by atoms with Crippen molar-refractivity contribution in [2.45, 2.75) is 107 Å². The van der Waals surface area contributed by atoms with Crippen LogP contribution in [-0.2, 0) is 14.2 Å². The molecule has 4 heterocycles. The van der Waals surface area contributed by atoms with Gasteiger partial charge < -0.3 is 49.6 Å². The lowest BCUT2D eigenvalue weighted by molar-refractivity contribution is -0.327. The van der Waals surface area contributed by atoms with Gasteiger partial charge >= 0.3 is 5.97 Å². The molecule has 14 heteroatoms. The predicted molar refractivity (Wildman–Crippen MR) is 202 cm³/mol. The molecule has 14 nitrogen and oxygen atoms in total. The lowest BCUT2D eigenvalue weighted by Crippen LogP contribution is -2.81. The maximum absolute atomic E-state index is 12.6. The minimum Gasteiger partial charge on any atom is -0.506 e. The molecule has 2 bridgehead atoms. The van der Waals surface area contributed by atoms with E-state index in [1.165, 1.54) is 24.6 Å². The number of carbonyl (C=O) groups is 2. The Balaban J connectivity index is 1.06. The molecular formula is C43H52N2O12. The maximum atomic E-state index is 12.6. The number of hydrazine groups is 1. The highest BCUT2D eigenvalue weighted by Crippen LogP contribution is 2.72. The maximum Gasteiger partial charge on any atom is 0.335 e. The molecule has 57 heavy (non-hydrogen) atoms. The Morgan fingerprint density at radius 3 is 2.70 bits per heavy atom. The number of aliphatic hydroxyl groups excluding tert-OH is 4. The van der Waals surface area contributed by atoms with Crippen molar-refractivity contribution in [2.24, 2.45) is 28.6 Å². The van der Waals surface area contributed by atoms with Crippen molar-refractivity contribution in [1.29, 1.82) is 0 Å². The highest BCUT2D eigenvalue weighted by atomic mass is 16.7. The Morgan fingerprint density at radius 1 is 1.12 bits per heavy atom. The fourth-order valence-electron chi connectivity index (χ4n) is 13.7. The average molecular weight is 789 g/mol. The number of carbonyl (C=O) groups excluding carboxylic acids is 1. The number of phenolic OH excluding ortho intramolecular Hbond substituents is 1. The molecule has 306 valence electrons. The Hall–Kier alpha value is -3.44. The SMILES string of the molecule is CC(=O)c1c(C)cc2cc(C(=O)O)cc(O[C@H]3O[C@H](CO)[C@@]4(C[C@H]5C6=C(CC=C6[C@@]6(CCO)COC[C@H]7C[C@]89CCC[C@H]8NN[C@]5(C9)[C@@H]76)CO4)[C@H](O)[C@H]3O)c2c1O. The van der Waals surface area contributed by atoms with Gasteiger partial charge in [-0.2, -0.15) is 0 Å². The van der Waals surface area contributed by atoms with Crippen LogP contribution in [0.3, 0.4) is 0 Å². The lowest BCUT2D eigenvalue weighted by atomic mass is 9.39. The van der Waals surface area contributed by atoms with Crippen LogP contribution in [0.2, 0.25) is 0 Å². The summed E-state index contributed by atoms with van der Waals surface area (Å²) in [7, 11) is 0. The summed E-state index contributed by atoms with van der Waals surface area (Å²) < 4.78 is 26.0. The van der Waals surface area contributed by atoms with Gasteiger partial charge in [0.2, 0.25) is 6.29 Å². The average Bonchev–Trinajstić information content (AvgIpc) is 3.74. The van der Waals surface area contributed by atoms with Gasteiger partial charge in [0, 0.05) is 36.1 Å². The molecule has 3 saturated carbocycles. The largest absolute Gasteiger partial charge is 0.506 e. The molecule has 8 aliphatic rings. The smallest absolute Gasteiger partial charge is 0.335 e. The van der Waals surface area contributed by atoms with E-state index in [9.17, 15) is 40.2 Å². The normalized spacial score (nSPS) is 41.6. The third-order valence-corrected chi connectivity index (χ3v) is 15.7. The Labute approximate surface area is 329 Å². The number of carboxylic acids is 1. The summed E-state index contributed by atoms with van der Waals surface area (Å²) in [4.78, 5) is 24.8. The second kappa shape index (κ2) is 13.0. The number of hydrogen-bond donors (Lipinski definition) is 8. The second-order valence-electron chi connectivity index (χ2n) is 18.3. The molecule has 0 aromatic heterocycles. The third-order valence-electron chi connectivity index (χ3n) is 15.7. The van der Waals surface area contributed by atoms with Crippen molar-refractivity contribution in [3.63, 3.8) is 0 Å². The number of rotatable bonds is 7. The van der Waals surface area contributed by atoms with Gasteiger partial charge in [0.15, 0.2) is 5.78 Å². The number of fused-ring (bicyclic) bond motifs is 2. The number of ether oxygens (including phenoxy) is 4. The van der Waals surface area contributed by atoms with Crippen LogP contribution in [0.15, 0.2) is 41.0 Å². The molecule has 0 radical (unpaired) electrons. The van der Waals surface area contributed by atoms with Crippen LogP contribution >= 0.6 is 0 Å². The van der Waals surface area contributed by atoms with Crippen molar-refractivity contribution in [2.75, 3.05) is 33.0 Å². The molecular weight excluding hydrogens is 736 g/mol. The molecule has 3 spiro atoms.